The van der Waals surface area contributed by atoms with Crippen LogP contribution in [0.2, 0.25) is 0 Å². The van der Waals surface area contributed by atoms with Gasteiger partial charge in [-0.2, -0.15) is 0 Å². The third-order valence-corrected chi connectivity index (χ3v) is 2.95. The van der Waals surface area contributed by atoms with Gasteiger partial charge in [-0.25, -0.2) is 0 Å². The molecule has 18 heavy (non-hydrogen) atoms. The van der Waals surface area contributed by atoms with Gasteiger partial charge in [0.25, 0.3) is 0 Å². The number of rotatable bonds is 5. The van der Waals surface area contributed by atoms with Gasteiger partial charge in [0.1, 0.15) is 6.10 Å². The lowest BCUT2D eigenvalue weighted by Crippen LogP contribution is -2.52. The van der Waals surface area contributed by atoms with E-state index in [0.29, 0.717) is 6.61 Å². The molecule has 3 N–H and O–H groups in total. The maximum absolute atomic E-state index is 8.51. The molecule has 2 atom stereocenters. The van der Waals surface area contributed by atoms with Gasteiger partial charge in [0.15, 0.2) is 5.84 Å². The largest absolute Gasteiger partial charge is 0.409 e. The van der Waals surface area contributed by atoms with Crippen molar-refractivity contribution in [3.63, 3.8) is 0 Å². The second kappa shape index (κ2) is 6.36. The summed E-state index contributed by atoms with van der Waals surface area (Å²) in [4.78, 5) is 2.31. The minimum atomic E-state index is -0.360. The van der Waals surface area contributed by atoms with E-state index < -0.39 is 0 Å². The fourth-order valence-electron chi connectivity index (χ4n) is 2.28. The van der Waals surface area contributed by atoms with E-state index in [1.165, 1.54) is 0 Å². The number of nitrogens with two attached hydrogens (primary N) is 1. The predicted molar refractivity (Wildman–Crippen MR) is 69.9 cm³/mol. The summed E-state index contributed by atoms with van der Waals surface area (Å²) in [6, 6.07) is 0. The molecule has 0 radical (unpaired) electrons. The Hall–Kier alpha value is -0.850. The lowest BCUT2D eigenvalue weighted by Gasteiger charge is -2.41. The Bertz CT molecular complexity index is 294. The predicted octanol–water partition coefficient (Wildman–Crippen LogP) is 0.637. The van der Waals surface area contributed by atoms with E-state index in [0.717, 1.165) is 19.6 Å². The molecule has 1 aliphatic rings. The smallest absolute Gasteiger partial charge is 0.168 e. The lowest BCUT2D eigenvalue weighted by atomic mass is 10.1. The average Bonchev–Trinajstić information content (AvgIpc) is 2.25. The van der Waals surface area contributed by atoms with Gasteiger partial charge < -0.3 is 20.4 Å². The number of morpholine rings is 1. The van der Waals surface area contributed by atoms with E-state index in [4.69, 9.17) is 20.4 Å². The standard InChI is InChI=1S/C12H25N3O3/c1-9-7-15(8-12(3,4)18-9)5-6-17-10(2)11(13)14-16/h9-10,16H,5-8H2,1-4H3,(H2,13,14). The molecule has 0 aliphatic carbocycles. The quantitative estimate of drug-likeness (QED) is 0.328. The molecule has 0 amide bonds. The highest BCUT2D eigenvalue weighted by Crippen LogP contribution is 2.20. The van der Waals surface area contributed by atoms with Crippen LogP contribution < -0.4 is 5.73 Å². The lowest BCUT2D eigenvalue weighted by molar-refractivity contribution is -0.131. The van der Waals surface area contributed by atoms with Crippen molar-refractivity contribution in [2.24, 2.45) is 10.9 Å². The van der Waals surface area contributed by atoms with Gasteiger partial charge in [0.05, 0.1) is 18.3 Å². The Morgan fingerprint density at radius 1 is 1.67 bits per heavy atom. The van der Waals surface area contributed by atoms with E-state index in [1.807, 2.05) is 0 Å². The normalized spacial score (nSPS) is 27.1. The van der Waals surface area contributed by atoms with Crippen LogP contribution in [0.5, 0.6) is 0 Å². The zero-order valence-electron chi connectivity index (χ0n) is 11.7. The zero-order chi connectivity index (χ0) is 13.8. The highest BCUT2D eigenvalue weighted by Gasteiger charge is 2.30. The van der Waals surface area contributed by atoms with Gasteiger partial charge in [-0.05, 0) is 27.7 Å². The molecule has 6 nitrogen and oxygen atoms in total. The molecule has 0 spiro atoms. The number of hydrogen-bond donors (Lipinski definition) is 2. The monoisotopic (exact) mass is 259 g/mol. The summed E-state index contributed by atoms with van der Waals surface area (Å²) in [5.41, 5.74) is 5.33. The molecule has 106 valence electrons. The molecule has 0 bridgehead atoms. The topological polar surface area (TPSA) is 80.3 Å². The molecule has 0 aromatic carbocycles. The summed E-state index contributed by atoms with van der Waals surface area (Å²) in [7, 11) is 0. The van der Waals surface area contributed by atoms with Crippen molar-refractivity contribution in [2.75, 3.05) is 26.2 Å². The molecule has 1 fully saturated rings. The van der Waals surface area contributed by atoms with Crippen LogP contribution in [0.3, 0.4) is 0 Å². The summed E-state index contributed by atoms with van der Waals surface area (Å²) in [6.45, 7) is 11.2. The number of ether oxygens (including phenoxy) is 2. The van der Waals surface area contributed by atoms with Crippen molar-refractivity contribution in [1.82, 2.24) is 4.90 Å². The maximum Gasteiger partial charge on any atom is 0.168 e. The van der Waals surface area contributed by atoms with E-state index in [-0.39, 0.29) is 23.6 Å². The Kier molecular flexibility index (Phi) is 5.37. The van der Waals surface area contributed by atoms with Crippen molar-refractivity contribution >= 4 is 5.84 Å². The first-order chi connectivity index (χ1) is 8.34. The molecular weight excluding hydrogens is 234 g/mol. The molecular formula is C12H25N3O3. The SMILES string of the molecule is CC1CN(CCOC(C)C(N)=NO)CC(C)(C)O1. The Labute approximate surface area is 109 Å². The first-order valence-electron chi connectivity index (χ1n) is 6.33. The van der Waals surface area contributed by atoms with Crippen LogP contribution in [0.4, 0.5) is 0 Å². The molecule has 1 saturated heterocycles. The maximum atomic E-state index is 8.51. The summed E-state index contributed by atoms with van der Waals surface area (Å²) in [6.07, 6.45) is -0.128. The van der Waals surface area contributed by atoms with Crippen molar-refractivity contribution in [3.8, 4) is 0 Å². The molecule has 1 heterocycles. The fourth-order valence-corrected chi connectivity index (χ4v) is 2.28. The van der Waals surface area contributed by atoms with Crippen molar-refractivity contribution in [3.05, 3.63) is 0 Å². The van der Waals surface area contributed by atoms with Gasteiger partial charge in [0.2, 0.25) is 0 Å². The minimum absolute atomic E-state index is 0.102. The van der Waals surface area contributed by atoms with Crippen LogP contribution in [0.25, 0.3) is 0 Å². The molecule has 0 saturated carbocycles. The molecule has 1 rings (SSSR count). The molecule has 1 aliphatic heterocycles. The van der Waals surface area contributed by atoms with E-state index in [2.05, 4.69) is 30.8 Å². The molecule has 2 unspecified atom stereocenters. The van der Waals surface area contributed by atoms with E-state index >= 15 is 0 Å². The number of amidine groups is 1. The van der Waals surface area contributed by atoms with Gasteiger partial charge >= 0.3 is 0 Å². The number of nitrogens with zero attached hydrogens (tertiary/aromatic N) is 2. The highest BCUT2D eigenvalue weighted by molar-refractivity contribution is 5.83. The van der Waals surface area contributed by atoms with Crippen molar-refractivity contribution in [1.29, 1.82) is 0 Å². The summed E-state index contributed by atoms with van der Waals surface area (Å²) in [5, 5.41) is 11.4. The summed E-state index contributed by atoms with van der Waals surface area (Å²) in [5.74, 6) is 0.102. The minimum Gasteiger partial charge on any atom is -0.409 e. The second-order valence-corrected chi connectivity index (χ2v) is 5.46. The number of oxime groups is 1. The molecule has 6 heteroatoms. The average molecular weight is 259 g/mol. The van der Waals surface area contributed by atoms with Gasteiger partial charge in [0, 0.05) is 19.6 Å². The van der Waals surface area contributed by atoms with Gasteiger partial charge in [-0.1, -0.05) is 5.16 Å². The molecule has 0 aromatic rings. The van der Waals surface area contributed by atoms with Crippen LogP contribution in [-0.4, -0.2) is 60.0 Å². The summed E-state index contributed by atoms with van der Waals surface area (Å²) >= 11 is 0. The number of hydrogen-bond acceptors (Lipinski definition) is 5. The third-order valence-electron chi connectivity index (χ3n) is 2.95. The van der Waals surface area contributed by atoms with Crippen LogP contribution in [0.1, 0.15) is 27.7 Å². The van der Waals surface area contributed by atoms with Gasteiger partial charge in [-0.15, -0.1) is 0 Å². The van der Waals surface area contributed by atoms with Crippen LogP contribution >= 0.6 is 0 Å². The van der Waals surface area contributed by atoms with Crippen molar-refractivity contribution < 1.29 is 14.7 Å². The van der Waals surface area contributed by atoms with Crippen LogP contribution in [0, 0.1) is 0 Å². The highest BCUT2D eigenvalue weighted by atomic mass is 16.5. The molecule has 0 aromatic heterocycles. The van der Waals surface area contributed by atoms with Crippen LogP contribution in [0.15, 0.2) is 5.16 Å². The third kappa shape index (κ3) is 4.80. The van der Waals surface area contributed by atoms with Gasteiger partial charge in [-0.3, -0.25) is 4.90 Å². The van der Waals surface area contributed by atoms with Crippen LogP contribution in [-0.2, 0) is 9.47 Å². The van der Waals surface area contributed by atoms with E-state index in [1.54, 1.807) is 6.92 Å². The first kappa shape index (κ1) is 15.2. The fraction of sp³-hybridized carbons (Fsp3) is 0.917. The Morgan fingerprint density at radius 2 is 2.33 bits per heavy atom. The van der Waals surface area contributed by atoms with E-state index in [9.17, 15) is 0 Å². The Morgan fingerprint density at radius 3 is 2.89 bits per heavy atom. The summed E-state index contributed by atoms with van der Waals surface area (Å²) < 4.78 is 11.3. The zero-order valence-corrected chi connectivity index (χ0v) is 11.7. The second-order valence-electron chi connectivity index (χ2n) is 5.46. The van der Waals surface area contributed by atoms with Crippen molar-refractivity contribution in [2.45, 2.75) is 45.5 Å². The first-order valence-corrected chi connectivity index (χ1v) is 6.33. The Balaban J connectivity index is 2.31.